The van der Waals surface area contributed by atoms with Crippen molar-refractivity contribution in [2.24, 2.45) is 11.3 Å². The van der Waals surface area contributed by atoms with E-state index in [1.165, 1.54) is 24.3 Å². The highest BCUT2D eigenvalue weighted by atomic mass is 19.1. The van der Waals surface area contributed by atoms with Crippen LogP contribution >= 0.6 is 0 Å². The molecule has 0 bridgehead atoms. The molecule has 2 heterocycles. The first-order valence-corrected chi connectivity index (χ1v) is 8.79. The fraction of sp³-hybridized carbons (Fsp3) is 0.350. The van der Waals surface area contributed by atoms with Gasteiger partial charge in [0, 0.05) is 48.9 Å². The Bertz CT molecular complexity index is 825. The van der Waals surface area contributed by atoms with E-state index in [4.69, 9.17) is 0 Å². The molecule has 2 aliphatic rings. The number of nitrogens with zero attached hydrogens (tertiary/aromatic N) is 2. The minimum Gasteiger partial charge on any atom is -0.352 e. The molecule has 2 fully saturated rings. The van der Waals surface area contributed by atoms with Crippen LogP contribution in [0.5, 0.6) is 0 Å². The molecule has 0 unspecified atom stereocenters. The summed E-state index contributed by atoms with van der Waals surface area (Å²) in [5, 5.41) is 2.97. The second kappa shape index (κ2) is 6.52. The van der Waals surface area contributed by atoms with Gasteiger partial charge >= 0.3 is 0 Å². The van der Waals surface area contributed by atoms with E-state index in [2.05, 4.69) is 10.3 Å². The number of likely N-dealkylation sites (tertiary alicyclic amines) is 1. The lowest BCUT2D eigenvalue weighted by Gasteiger charge is -2.17. The van der Waals surface area contributed by atoms with Crippen LogP contribution in [0.25, 0.3) is 0 Å². The Balaban J connectivity index is 1.33. The lowest BCUT2D eigenvalue weighted by Crippen LogP contribution is -2.31. The molecule has 1 spiro atoms. The molecule has 5 nitrogen and oxygen atoms in total. The summed E-state index contributed by atoms with van der Waals surface area (Å²) in [4.78, 5) is 30.8. The molecule has 1 aromatic heterocycles. The van der Waals surface area contributed by atoms with Crippen LogP contribution in [-0.4, -0.2) is 34.8 Å². The average molecular weight is 353 g/mol. The highest BCUT2D eigenvalue weighted by Gasteiger charge is 2.61. The number of halogens is 1. The second-order valence-electron chi connectivity index (χ2n) is 7.18. The summed E-state index contributed by atoms with van der Waals surface area (Å²) in [6.07, 6.45) is 5.10. The normalized spacial score (nSPS) is 23.9. The number of aromatic nitrogens is 1. The topological polar surface area (TPSA) is 62.3 Å². The number of benzene rings is 1. The summed E-state index contributed by atoms with van der Waals surface area (Å²) in [6, 6.07) is 9.38. The van der Waals surface area contributed by atoms with Gasteiger partial charge in [0.2, 0.25) is 5.91 Å². The van der Waals surface area contributed by atoms with Gasteiger partial charge in [0.05, 0.1) is 0 Å². The molecule has 6 heteroatoms. The van der Waals surface area contributed by atoms with E-state index < -0.39 is 0 Å². The quantitative estimate of drug-likeness (QED) is 0.918. The molecule has 4 rings (SSSR count). The van der Waals surface area contributed by atoms with Crippen molar-refractivity contribution in [1.29, 1.82) is 0 Å². The van der Waals surface area contributed by atoms with Crippen molar-refractivity contribution in [3.05, 3.63) is 65.7 Å². The number of carbonyl (C=O) groups is 2. The number of hydrogen-bond acceptors (Lipinski definition) is 3. The van der Waals surface area contributed by atoms with Crippen LogP contribution in [0.15, 0.2) is 48.8 Å². The summed E-state index contributed by atoms with van der Waals surface area (Å²) >= 11 is 0. The molecule has 1 aromatic carbocycles. The van der Waals surface area contributed by atoms with Crippen LogP contribution < -0.4 is 5.32 Å². The summed E-state index contributed by atoms with van der Waals surface area (Å²) in [6.45, 7) is 1.70. The standard InChI is InChI=1S/C20H20FN3O2/c21-16-5-3-15(4-6-16)19(26)24-9-7-20(13-24)10-17(20)18(25)23-12-14-2-1-8-22-11-14/h1-6,8,11,17H,7,9-10,12-13H2,(H,23,25)/t17-,20+/m0/s1. The van der Waals surface area contributed by atoms with Crippen molar-refractivity contribution in [2.45, 2.75) is 19.4 Å². The lowest BCUT2D eigenvalue weighted by molar-refractivity contribution is -0.123. The number of pyridine rings is 1. The van der Waals surface area contributed by atoms with Crippen LogP contribution in [0.1, 0.15) is 28.8 Å². The highest BCUT2D eigenvalue weighted by molar-refractivity contribution is 5.94. The first-order valence-electron chi connectivity index (χ1n) is 8.79. The van der Waals surface area contributed by atoms with Crippen molar-refractivity contribution >= 4 is 11.8 Å². The molecule has 1 saturated heterocycles. The average Bonchev–Trinajstić information content (AvgIpc) is 3.20. The second-order valence-corrected chi connectivity index (χ2v) is 7.18. The van der Waals surface area contributed by atoms with E-state index in [1.54, 1.807) is 17.3 Å². The summed E-state index contributed by atoms with van der Waals surface area (Å²) in [7, 11) is 0. The maximum absolute atomic E-state index is 13.0. The molecule has 2 amide bonds. The monoisotopic (exact) mass is 353 g/mol. The van der Waals surface area contributed by atoms with E-state index in [-0.39, 0.29) is 29.0 Å². The van der Waals surface area contributed by atoms with Gasteiger partial charge in [-0.15, -0.1) is 0 Å². The third kappa shape index (κ3) is 3.19. The number of amides is 2. The van der Waals surface area contributed by atoms with Crippen molar-refractivity contribution < 1.29 is 14.0 Å². The molecule has 2 aromatic rings. The maximum atomic E-state index is 13.0. The molecule has 1 N–H and O–H groups in total. The lowest BCUT2D eigenvalue weighted by atomic mass is 10.0. The molecule has 2 atom stereocenters. The first-order chi connectivity index (χ1) is 12.6. The fourth-order valence-corrected chi connectivity index (χ4v) is 3.83. The number of rotatable bonds is 4. The van der Waals surface area contributed by atoms with Gasteiger partial charge < -0.3 is 10.2 Å². The minimum absolute atomic E-state index is 0.0369. The van der Waals surface area contributed by atoms with E-state index in [0.717, 1.165) is 18.4 Å². The molecule has 1 aliphatic carbocycles. The zero-order chi connectivity index (χ0) is 18.1. The molecular weight excluding hydrogens is 333 g/mol. The van der Waals surface area contributed by atoms with Crippen LogP contribution in [0.2, 0.25) is 0 Å². The van der Waals surface area contributed by atoms with Gasteiger partial charge in [-0.1, -0.05) is 6.07 Å². The Kier molecular flexibility index (Phi) is 4.18. The molecule has 1 aliphatic heterocycles. The van der Waals surface area contributed by atoms with E-state index in [0.29, 0.717) is 25.2 Å². The predicted octanol–water partition coefficient (Wildman–Crippen LogP) is 2.39. The smallest absolute Gasteiger partial charge is 0.253 e. The van der Waals surface area contributed by atoms with Crippen molar-refractivity contribution in [2.75, 3.05) is 13.1 Å². The summed E-state index contributed by atoms with van der Waals surface area (Å²) in [5.41, 5.74) is 1.37. The highest BCUT2D eigenvalue weighted by Crippen LogP contribution is 2.58. The predicted molar refractivity (Wildman–Crippen MR) is 93.5 cm³/mol. The Labute approximate surface area is 151 Å². The third-order valence-corrected chi connectivity index (χ3v) is 5.46. The maximum Gasteiger partial charge on any atom is 0.253 e. The van der Waals surface area contributed by atoms with Gasteiger partial charge in [0.15, 0.2) is 0 Å². The Morgan fingerprint density at radius 1 is 1.27 bits per heavy atom. The van der Waals surface area contributed by atoms with Gasteiger partial charge in [-0.25, -0.2) is 4.39 Å². The van der Waals surface area contributed by atoms with Gasteiger partial charge in [-0.3, -0.25) is 14.6 Å². The minimum atomic E-state index is -0.355. The SMILES string of the molecule is O=C(NCc1cccnc1)[C@@H]1C[C@@]12CCN(C(=O)c1ccc(F)cc1)C2. The van der Waals surface area contributed by atoms with Crippen molar-refractivity contribution in [3.8, 4) is 0 Å². The van der Waals surface area contributed by atoms with Crippen LogP contribution in [-0.2, 0) is 11.3 Å². The first kappa shape index (κ1) is 16.7. The fourth-order valence-electron chi connectivity index (χ4n) is 3.83. The Hall–Kier alpha value is -2.76. The molecule has 0 radical (unpaired) electrons. The third-order valence-electron chi connectivity index (χ3n) is 5.46. The summed E-state index contributed by atoms with van der Waals surface area (Å²) in [5.74, 6) is -0.439. The molecule has 134 valence electrons. The molecule has 26 heavy (non-hydrogen) atoms. The summed E-state index contributed by atoms with van der Waals surface area (Å²) < 4.78 is 13.0. The van der Waals surface area contributed by atoms with Crippen molar-refractivity contribution in [1.82, 2.24) is 15.2 Å². The molecule has 1 saturated carbocycles. The van der Waals surface area contributed by atoms with Gasteiger partial charge in [0.25, 0.3) is 5.91 Å². The van der Waals surface area contributed by atoms with E-state index in [9.17, 15) is 14.0 Å². The zero-order valence-electron chi connectivity index (χ0n) is 14.3. The van der Waals surface area contributed by atoms with E-state index in [1.807, 2.05) is 12.1 Å². The number of hydrogen-bond donors (Lipinski definition) is 1. The van der Waals surface area contributed by atoms with Crippen LogP contribution in [0, 0.1) is 17.2 Å². The van der Waals surface area contributed by atoms with Crippen LogP contribution in [0.4, 0.5) is 4.39 Å². The number of nitrogens with one attached hydrogen (secondary N) is 1. The largest absolute Gasteiger partial charge is 0.352 e. The zero-order valence-corrected chi connectivity index (χ0v) is 14.3. The van der Waals surface area contributed by atoms with Gasteiger partial charge in [-0.2, -0.15) is 0 Å². The van der Waals surface area contributed by atoms with Crippen LogP contribution in [0.3, 0.4) is 0 Å². The Morgan fingerprint density at radius 2 is 2.08 bits per heavy atom. The Morgan fingerprint density at radius 3 is 2.81 bits per heavy atom. The molecular formula is C20H20FN3O2. The van der Waals surface area contributed by atoms with Gasteiger partial charge in [0.1, 0.15) is 5.82 Å². The number of carbonyl (C=O) groups excluding carboxylic acids is 2. The van der Waals surface area contributed by atoms with Crippen molar-refractivity contribution in [3.63, 3.8) is 0 Å². The van der Waals surface area contributed by atoms with Gasteiger partial charge in [-0.05, 0) is 48.7 Å². The van der Waals surface area contributed by atoms with E-state index >= 15 is 0 Å².